The molecule has 1 aromatic carbocycles. The summed E-state index contributed by atoms with van der Waals surface area (Å²) in [4.78, 5) is 43.9. The van der Waals surface area contributed by atoms with Crippen molar-refractivity contribution in [3.05, 3.63) is 74.3 Å². The van der Waals surface area contributed by atoms with Gasteiger partial charge in [0.05, 0.1) is 17.6 Å². The van der Waals surface area contributed by atoms with Crippen LogP contribution in [0.4, 0.5) is 8.78 Å². The summed E-state index contributed by atoms with van der Waals surface area (Å²) >= 11 is 13.4. The zero-order valence-corrected chi connectivity index (χ0v) is 29.1. The Kier molecular flexibility index (Phi) is 8.37. The number of thioether (sulfide) groups is 1. The van der Waals surface area contributed by atoms with Crippen LogP contribution < -0.4 is 5.32 Å². The summed E-state index contributed by atoms with van der Waals surface area (Å²) in [6.07, 6.45) is 3.13. The summed E-state index contributed by atoms with van der Waals surface area (Å²) in [7, 11) is 0. The summed E-state index contributed by atoms with van der Waals surface area (Å²) in [5.41, 5.74) is 1.10. The molecule has 1 spiro atoms. The number of allylic oxidation sites excluding steroid dienone is 1. The molecule has 7 rings (SSSR count). The number of halogens is 4. The van der Waals surface area contributed by atoms with Gasteiger partial charge in [0.2, 0.25) is 5.91 Å². The Morgan fingerprint density at radius 2 is 1.94 bits per heavy atom. The molecule has 1 saturated carbocycles. The molecule has 2 aromatic rings. The van der Waals surface area contributed by atoms with Crippen LogP contribution in [0.1, 0.15) is 70.5 Å². The van der Waals surface area contributed by atoms with Gasteiger partial charge in [-0.15, -0.1) is 0 Å². The van der Waals surface area contributed by atoms with Crippen LogP contribution in [-0.4, -0.2) is 80.1 Å². The number of aliphatic imine (C=N–C) groups is 1. The molecule has 1 aromatic heterocycles. The third kappa shape index (κ3) is 5.55. The highest BCUT2D eigenvalue weighted by atomic mass is 35.5. The molecule has 5 atom stereocenters. The molecular weight excluding hydrogens is 665 g/mol. The molecule has 5 heterocycles. The van der Waals surface area contributed by atoms with E-state index >= 15 is 4.39 Å². The van der Waals surface area contributed by atoms with E-state index in [-0.39, 0.29) is 47.3 Å². The minimum Gasteiger partial charge on any atom is -0.335 e. The van der Waals surface area contributed by atoms with E-state index in [9.17, 15) is 14.0 Å². The first-order valence-electron chi connectivity index (χ1n) is 16.2. The molecule has 1 N–H and O–H groups in total. The zero-order chi connectivity index (χ0) is 33.4. The summed E-state index contributed by atoms with van der Waals surface area (Å²) < 4.78 is 30.2. The van der Waals surface area contributed by atoms with E-state index in [1.165, 1.54) is 28.8 Å². The Morgan fingerprint density at radius 3 is 2.57 bits per heavy atom. The van der Waals surface area contributed by atoms with Crippen LogP contribution in [0.2, 0.25) is 10.2 Å². The van der Waals surface area contributed by atoms with Crippen molar-refractivity contribution in [1.82, 2.24) is 25.0 Å². The van der Waals surface area contributed by atoms with E-state index in [0.717, 1.165) is 24.8 Å². The third-order valence-corrected chi connectivity index (χ3v) is 11.9. The number of amidine groups is 1. The SMILES string of the molecule is CC[C@@H]1CNC2(CC2)CN1C(=O)C1C[C@@H](F)CN1C(=O)C1=C(C(C)C)N2C(=N[C@@](C)(c3ccc(Cl)nc3)[C@H]2c2ccc(Cl)c(F)c2)S1. The summed E-state index contributed by atoms with van der Waals surface area (Å²) in [6.45, 7) is 9.10. The second kappa shape index (κ2) is 12.0. The topological polar surface area (TPSA) is 81.1 Å². The van der Waals surface area contributed by atoms with E-state index in [1.54, 1.807) is 18.3 Å². The number of hydrogen-bond donors (Lipinski definition) is 1. The summed E-state index contributed by atoms with van der Waals surface area (Å²) in [5.74, 6) is -1.28. The van der Waals surface area contributed by atoms with E-state index < -0.39 is 29.6 Å². The van der Waals surface area contributed by atoms with Gasteiger partial charge in [0.1, 0.15) is 33.6 Å². The van der Waals surface area contributed by atoms with Gasteiger partial charge in [0.15, 0.2) is 5.17 Å². The van der Waals surface area contributed by atoms with E-state index in [4.69, 9.17) is 28.2 Å². The lowest BCUT2D eigenvalue weighted by molar-refractivity contribution is -0.145. The molecule has 0 bridgehead atoms. The normalized spacial score (nSPS) is 29.6. The van der Waals surface area contributed by atoms with Crippen LogP contribution >= 0.6 is 35.0 Å². The van der Waals surface area contributed by atoms with Crippen molar-refractivity contribution >= 4 is 51.9 Å². The van der Waals surface area contributed by atoms with Crippen LogP contribution in [0.3, 0.4) is 0 Å². The molecule has 250 valence electrons. The van der Waals surface area contributed by atoms with Crippen LogP contribution in [0.5, 0.6) is 0 Å². The fourth-order valence-corrected chi connectivity index (χ4v) is 9.21. The number of benzene rings is 1. The smallest absolute Gasteiger partial charge is 0.263 e. The number of nitrogens with zero attached hydrogens (tertiary/aromatic N) is 5. The highest BCUT2D eigenvalue weighted by Crippen LogP contribution is 2.56. The number of aromatic nitrogens is 1. The van der Waals surface area contributed by atoms with E-state index in [2.05, 4.69) is 10.3 Å². The van der Waals surface area contributed by atoms with Crippen molar-refractivity contribution in [2.24, 2.45) is 10.9 Å². The number of carbonyl (C=O) groups is 2. The summed E-state index contributed by atoms with van der Waals surface area (Å²) in [6, 6.07) is 6.79. The summed E-state index contributed by atoms with van der Waals surface area (Å²) in [5, 5.41) is 4.50. The van der Waals surface area contributed by atoms with Crippen LogP contribution in [0.25, 0.3) is 0 Å². The molecule has 1 unspecified atom stereocenters. The molecule has 4 aliphatic heterocycles. The Hall–Kier alpha value is -2.73. The number of rotatable bonds is 6. The highest BCUT2D eigenvalue weighted by Gasteiger charge is 2.56. The van der Waals surface area contributed by atoms with Gasteiger partial charge >= 0.3 is 0 Å². The maximum absolute atomic E-state index is 15.2. The molecule has 3 fully saturated rings. The van der Waals surface area contributed by atoms with Crippen LogP contribution in [0.15, 0.2) is 52.1 Å². The van der Waals surface area contributed by atoms with Crippen molar-refractivity contribution in [3.63, 3.8) is 0 Å². The van der Waals surface area contributed by atoms with Gasteiger partial charge in [-0.05, 0) is 67.6 Å². The van der Waals surface area contributed by atoms with Gasteiger partial charge in [-0.2, -0.15) is 0 Å². The van der Waals surface area contributed by atoms with Crippen molar-refractivity contribution in [2.45, 2.75) is 88.8 Å². The molecule has 1 aliphatic carbocycles. The number of likely N-dealkylation sites (tertiary alicyclic amines) is 1. The molecule has 2 saturated heterocycles. The maximum Gasteiger partial charge on any atom is 0.263 e. The predicted molar refractivity (Wildman–Crippen MR) is 180 cm³/mol. The molecular formula is C34H38Cl2F2N6O2S. The number of pyridine rings is 1. The Labute approximate surface area is 287 Å². The minimum atomic E-state index is -1.30. The largest absolute Gasteiger partial charge is 0.335 e. The minimum absolute atomic E-state index is 0.00182. The Bertz CT molecular complexity index is 1680. The number of carbonyl (C=O) groups excluding carboxylic acids is 2. The Balaban J connectivity index is 1.26. The second-order valence-electron chi connectivity index (χ2n) is 13.8. The third-order valence-electron chi connectivity index (χ3n) is 10.4. The van der Waals surface area contributed by atoms with Crippen LogP contribution in [-0.2, 0) is 15.1 Å². The lowest BCUT2D eigenvalue weighted by atomic mass is 9.81. The standard InChI is InChI=1S/C34H38Cl2F2N6O2S/c1-5-22-15-40-34(10-11-34)17-43(22)30(45)25-13-21(37)16-42(25)31(46)28-27(18(2)3)44-29(19-6-8-23(35)24(38)12-19)33(4,41-32(44)47-28)20-7-9-26(36)39-14-20/h6-9,12,14,18,21-22,25,29,40H,5,10-11,13,15-17H2,1-4H3/t21-,22-,25?,29-,33+/m1/s1. The van der Waals surface area contributed by atoms with Gasteiger partial charge in [-0.1, -0.05) is 56.1 Å². The quantitative estimate of drug-likeness (QED) is 0.349. The van der Waals surface area contributed by atoms with E-state index in [0.29, 0.717) is 39.6 Å². The maximum atomic E-state index is 15.2. The number of nitrogens with one attached hydrogen (secondary N) is 1. The van der Waals surface area contributed by atoms with Crippen LogP contribution in [0, 0.1) is 11.7 Å². The average Bonchev–Trinajstić information content (AvgIpc) is 3.36. The van der Waals surface area contributed by atoms with Gasteiger partial charge in [0.25, 0.3) is 5.91 Å². The number of piperazine rings is 1. The lowest BCUT2D eigenvalue weighted by Crippen LogP contribution is -2.62. The zero-order valence-electron chi connectivity index (χ0n) is 26.8. The van der Waals surface area contributed by atoms with Crippen molar-refractivity contribution < 1.29 is 18.4 Å². The first-order valence-corrected chi connectivity index (χ1v) is 17.8. The van der Waals surface area contributed by atoms with E-state index in [1.807, 2.05) is 43.6 Å². The molecule has 5 aliphatic rings. The number of alkyl halides is 1. The average molecular weight is 704 g/mol. The van der Waals surface area contributed by atoms with Gasteiger partial charge in [-0.3, -0.25) is 9.59 Å². The fraction of sp³-hybridized carbons (Fsp3) is 0.529. The van der Waals surface area contributed by atoms with Gasteiger partial charge in [0, 0.05) is 48.5 Å². The molecule has 13 heteroatoms. The first kappa shape index (κ1) is 32.8. The number of fused-ring (bicyclic) bond motifs is 1. The monoisotopic (exact) mass is 702 g/mol. The molecule has 0 radical (unpaired) electrons. The van der Waals surface area contributed by atoms with Crippen molar-refractivity contribution in [1.29, 1.82) is 0 Å². The van der Waals surface area contributed by atoms with Gasteiger partial charge in [-0.25, -0.2) is 18.8 Å². The molecule has 47 heavy (non-hydrogen) atoms. The number of hydrogen-bond acceptors (Lipinski definition) is 7. The highest BCUT2D eigenvalue weighted by molar-refractivity contribution is 8.18. The van der Waals surface area contributed by atoms with Gasteiger partial charge < -0.3 is 20.0 Å². The lowest BCUT2D eigenvalue weighted by Gasteiger charge is -2.42. The molecule has 2 amide bonds. The Morgan fingerprint density at radius 1 is 1.17 bits per heavy atom. The second-order valence-corrected chi connectivity index (χ2v) is 15.6. The first-order chi connectivity index (χ1) is 22.4. The predicted octanol–water partition coefficient (Wildman–Crippen LogP) is 6.45. The number of amides is 2. The van der Waals surface area contributed by atoms with Crippen molar-refractivity contribution in [3.8, 4) is 0 Å². The molecule has 8 nitrogen and oxygen atoms in total. The van der Waals surface area contributed by atoms with Crippen molar-refractivity contribution in [2.75, 3.05) is 19.6 Å². The fourth-order valence-electron chi connectivity index (χ4n) is 7.62.